The number of anilines is 1. The number of aromatic amines is 1. The van der Waals surface area contributed by atoms with Gasteiger partial charge in [-0.25, -0.2) is 4.39 Å². The SMILES string of the molecule is Cc1[nH]c(/C=C2\C(=O)Nc3ccc(F)cc32)c(C)c1C(=O)NC[C@@H](O)C[C@@H](O)CC(=O)NC1CC1. The molecule has 1 fully saturated rings. The fourth-order valence-electron chi connectivity index (χ4n) is 4.21. The molecule has 35 heavy (non-hydrogen) atoms. The van der Waals surface area contributed by atoms with E-state index in [1.165, 1.54) is 18.2 Å². The average Bonchev–Trinajstić information content (AvgIpc) is 3.47. The monoisotopic (exact) mass is 484 g/mol. The summed E-state index contributed by atoms with van der Waals surface area (Å²) in [6.07, 6.45) is 1.29. The fourth-order valence-corrected chi connectivity index (χ4v) is 4.21. The molecule has 0 bridgehead atoms. The lowest BCUT2D eigenvalue weighted by Gasteiger charge is -2.16. The van der Waals surface area contributed by atoms with Gasteiger partial charge in [-0.15, -0.1) is 0 Å². The number of halogens is 1. The Morgan fingerprint density at radius 2 is 1.97 bits per heavy atom. The average molecular weight is 485 g/mol. The smallest absolute Gasteiger partial charge is 0.256 e. The second-order valence-electron chi connectivity index (χ2n) is 9.17. The minimum absolute atomic E-state index is 0.0497. The maximum Gasteiger partial charge on any atom is 0.256 e. The van der Waals surface area contributed by atoms with Gasteiger partial charge in [0.05, 0.1) is 29.8 Å². The summed E-state index contributed by atoms with van der Waals surface area (Å²) in [6, 6.07) is 4.25. The lowest BCUT2D eigenvalue weighted by atomic mass is 10.0. The predicted molar refractivity (Wildman–Crippen MR) is 128 cm³/mol. The van der Waals surface area contributed by atoms with Gasteiger partial charge >= 0.3 is 0 Å². The minimum atomic E-state index is -1.03. The number of fused-ring (bicyclic) bond motifs is 1. The Morgan fingerprint density at radius 1 is 1.23 bits per heavy atom. The van der Waals surface area contributed by atoms with Crippen molar-refractivity contribution in [2.45, 2.75) is 57.8 Å². The number of aryl methyl sites for hydroxylation is 1. The van der Waals surface area contributed by atoms with Crippen LogP contribution in [0.5, 0.6) is 0 Å². The van der Waals surface area contributed by atoms with E-state index in [1.807, 2.05) is 0 Å². The molecule has 1 aromatic heterocycles. The quantitative estimate of drug-likeness (QED) is 0.301. The molecule has 0 radical (unpaired) electrons. The molecular weight excluding hydrogens is 455 g/mol. The van der Waals surface area contributed by atoms with E-state index in [4.69, 9.17) is 0 Å². The van der Waals surface area contributed by atoms with E-state index in [0.29, 0.717) is 33.8 Å². The van der Waals surface area contributed by atoms with E-state index in [2.05, 4.69) is 20.9 Å². The maximum absolute atomic E-state index is 13.7. The minimum Gasteiger partial charge on any atom is -0.392 e. The van der Waals surface area contributed by atoms with E-state index < -0.39 is 23.9 Å². The number of hydrogen-bond donors (Lipinski definition) is 6. The molecule has 1 aliphatic carbocycles. The molecule has 1 saturated carbocycles. The number of amides is 3. The van der Waals surface area contributed by atoms with Crippen molar-refractivity contribution < 1.29 is 29.0 Å². The Hall–Kier alpha value is -3.50. The lowest BCUT2D eigenvalue weighted by molar-refractivity contribution is -0.123. The van der Waals surface area contributed by atoms with Gasteiger partial charge in [-0.2, -0.15) is 0 Å². The maximum atomic E-state index is 13.7. The van der Waals surface area contributed by atoms with Crippen molar-refractivity contribution in [3.63, 3.8) is 0 Å². The highest BCUT2D eigenvalue weighted by Crippen LogP contribution is 2.34. The van der Waals surface area contributed by atoms with Crippen LogP contribution in [-0.4, -0.2) is 57.7 Å². The van der Waals surface area contributed by atoms with Crippen LogP contribution in [0.15, 0.2) is 18.2 Å². The van der Waals surface area contributed by atoms with E-state index in [-0.39, 0.29) is 42.8 Å². The fraction of sp³-hybridized carbons (Fsp3) is 0.400. The van der Waals surface area contributed by atoms with Crippen LogP contribution in [0.1, 0.15) is 58.6 Å². The zero-order valence-electron chi connectivity index (χ0n) is 19.6. The summed E-state index contributed by atoms with van der Waals surface area (Å²) in [7, 11) is 0. The van der Waals surface area contributed by atoms with Crippen LogP contribution in [0.3, 0.4) is 0 Å². The molecule has 1 aliphatic heterocycles. The number of nitrogens with one attached hydrogen (secondary N) is 4. The highest BCUT2D eigenvalue weighted by molar-refractivity contribution is 6.34. The van der Waals surface area contributed by atoms with Crippen LogP contribution in [-0.2, 0) is 9.59 Å². The van der Waals surface area contributed by atoms with Gasteiger partial charge in [0.25, 0.3) is 11.8 Å². The molecule has 2 aliphatic rings. The molecule has 2 atom stereocenters. The molecule has 186 valence electrons. The molecule has 2 aromatic rings. The summed E-state index contributed by atoms with van der Waals surface area (Å²) in [5, 5.41) is 28.4. The molecule has 6 N–H and O–H groups in total. The van der Waals surface area contributed by atoms with Crippen molar-refractivity contribution in [3.05, 3.63) is 52.1 Å². The number of aromatic nitrogens is 1. The Balaban J connectivity index is 1.38. The van der Waals surface area contributed by atoms with Crippen molar-refractivity contribution in [1.82, 2.24) is 15.6 Å². The van der Waals surface area contributed by atoms with Crippen LogP contribution in [0.25, 0.3) is 11.6 Å². The summed E-state index contributed by atoms with van der Waals surface area (Å²) in [6.45, 7) is 3.34. The molecular formula is C25H29FN4O5. The first-order valence-corrected chi connectivity index (χ1v) is 11.6. The summed E-state index contributed by atoms with van der Waals surface area (Å²) in [5.41, 5.74) is 3.31. The van der Waals surface area contributed by atoms with Gasteiger partial charge in [-0.1, -0.05) is 0 Å². The van der Waals surface area contributed by atoms with Gasteiger partial charge in [-0.3, -0.25) is 14.4 Å². The van der Waals surface area contributed by atoms with Crippen molar-refractivity contribution >= 4 is 35.1 Å². The van der Waals surface area contributed by atoms with Crippen LogP contribution in [0, 0.1) is 19.7 Å². The molecule has 0 unspecified atom stereocenters. The Kier molecular flexibility index (Phi) is 7.04. The lowest BCUT2D eigenvalue weighted by Crippen LogP contribution is -2.36. The number of aliphatic hydroxyl groups excluding tert-OH is 2. The van der Waals surface area contributed by atoms with E-state index in [0.717, 1.165) is 12.8 Å². The number of hydrogen-bond acceptors (Lipinski definition) is 5. The molecule has 0 spiro atoms. The van der Waals surface area contributed by atoms with E-state index in [9.17, 15) is 29.0 Å². The topological polar surface area (TPSA) is 144 Å². The number of benzene rings is 1. The van der Waals surface area contributed by atoms with Crippen LogP contribution >= 0.6 is 0 Å². The number of H-pyrrole nitrogens is 1. The highest BCUT2D eigenvalue weighted by atomic mass is 19.1. The third-order valence-corrected chi connectivity index (χ3v) is 6.16. The van der Waals surface area contributed by atoms with Gasteiger partial charge in [-0.05, 0) is 56.5 Å². The first kappa shape index (κ1) is 24.6. The first-order chi connectivity index (χ1) is 16.6. The summed E-state index contributed by atoms with van der Waals surface area (Å²) < 4.78 is 13.7. The molecule has 10 heteroatoms. The number of aliphatic hydroxyl groups is 2. The molecule has 4 rings (SSSR count). The standard InChI is InChI=1S/C25H29FN4O5/c1-12-21(10-19-18-7-14(26)3-6-20(18)30-24(19)34)28-13(2)23(12)25(35)27-11-17(32)8-16(31)9-22(33)29-15-4-5-15/h3,6-7,10,15-17,28,31-32H,4-5,8-9,11H2,1-2H3,(H,27,35)(H,29,33)(H,30,34)/b19-10-/t16-,17+/m1/s1. The van der Waals surface area contributed by atoms with E-state index in [1.54, 1.807) is 19.9 Å². The van der Waals surface area contributed by atoms with Crippen LogP contribution < -0.4 is 16.0 Å². The number of carbonyl (C=O) groups is 3. The third-order valence-electron chi connectivity index (χ3n) is 6.16. The highest BCUT2D eigenvalue weighted by Gasteiger charge is 2.27. The second-order valence-corrected chi connectivity index (χ2v) is 9.17. The van der Waals surface area contributed by atoms with Gasteiger partial charge < -0.3 is 31.1 Å². The van der Waals surface area contributed by atoms with Crippen molar-refractivity contribution in [2.75, 3.05) is 11.9 Å². The predicted octanol–water partition coefficient (Wildman–Crippen LogP) is 1.77. The largest absolute Gasteiger partial charge is 0.392 e. The zero-order valence-corrected chi connectivity index (χ0v) is 19.6. The van der Waals surface area contributed by atoms with Gasteiger partial charge in [0.15, 0.2) is 0 Å². The van der Waals surface area contributed by atoms with Crippen LogP contribution in [0.2, 0.25) is 0 Å². The van der Waals surface area contributed by atoms with Crippen molar-refractivity contribution in [3.8, 4) is 0 Å². The van der Waals surface area contributed by atoms with Crippen molar-refractivity contribution in [1.29, 1.82) is 0 Å². The number of rotatable bonds is 9. The summed E-state index contributed by atoms with van der Waals surface area (Å²) >= 11 is 0. The molecule has 0 saturated heterocycles. The van der Waals surface area contributed by atoms with E-state index >= 15 is 0 Å². The number of carbonyl (C=O) groups excluding carboxylic acids is 3. The Labute approximate surface area is 201 Å². The van der Waals surface area contributed by atoms with Gasteiger partial charge in [0.1, 0.15) is 5.82 Å². The Morgan fingerprint density at radius 3 is 2.69 bits per heavy atom. The normalized spacial score (nSPS) is 17.6. The molecule has 2 heterocycles. The summed E-state index contributed by atoms with van der Waals surface area (Å²) in [4.78, 5) is 40.1. The van der Waals surface area contributed by atoms with Gasteiger partial charge in [0.2, 0.25) is 5.91 Å². The molecule has 3 amide bonds. The first-order valence-electron chi connectivity index (χ1n) is 11.6. The van der Waals surface area contributed by atoms with Gasteiger partial charge in [0, 0.05) is 41.6 Å². The third kappa shape index (κ3) is 5.77. The van der Waals surface area contributed by atoms with Crippen LogP contribution in [0.4, 0.5) is 10.1 Å². The molecule has 9 nitrogen and oxygen atoms in total. The zero-order chi connectivity index (χ0) is 25.3. The Bertz CT molecular complexity index is 1200. The summed E-state index contributed by atoms with van der Waals surface area (Å²) in [5.74, 6) is -1.51. The van der Waals surface area contributed by atoms with Crippen molar-refractivity contribution in [2.24, 2.45) is 0 Å². The second kappa shape index (κ2) is 10.0. The molecule has 1 aromatic carbocycles.